The third-order valence-electron chi connectivity index (χ3n) is 2.39. The molecule has 1 atom stereocenters. The zero-order valence-electron chi connectivity index (χ0n) is 9.46. The van der Waals surface area contributed by atoms with Crippen LogP contribution in [0, 0.1) is 0 Å². The molecule has 17 heavy (non-hydrogen) atoms. The highest BCUT2D eigenvalue weighted by atomic mass is 32.2. The van der Waals surface area contributed by atoms with Gasteiger partial charge in [0.25, 0.3) is 0 Å². The third-order valence-corrected chi connectivity index (χ3v) is 3.51. The number of nitrogens with two attached hydrogens (primary N) is 1. The zero-order valence-corrected chi connectivity index (χ0v) is 10.3. The lowest BCUT2D eigenvalue weighted by Crippen LogP contribution is -2.28. The Labute approximate surface area is 100 Å². The van der Waals surface area contributed by atoms with Crippen LogP contribution >= 0.6 is 0 Å². The number of carbonyl (C=O) groups excluding carboxylic acids is 1. The highest BCUT2D eigenvalue weighted by Gasteiger charge is 2.11. The van der Waals surface area contributed by atoms with Gasteiger partial charge in [-0.3, -0.25) is 4.79 Å². The lowest BCUT2D eigenvalue weighted by molar-refractivity contribution is -0.126. The fraction of sp³-hybridized carbons (Fsp3) is 0.364. The van der Waals surface area contributed by atoms with E-state index in [1.54, 1.807) is 12.1 Å². The lowest BCUT2D eigenvalue weighted by atomic mass is 10.1. The van der Waals surface area contributed by atoms with Crippen molar-refractivity contribution in [2.45, 2.75) is 23.8 Å². The van der Waals surface area contributed by atoms with Crippen LogP contribution in [0.1, 0.15) is 12.0 Å². The monoisotopic (exact) mass is 257 g/mol. The second-order valence-electron chi connectivity index (χ2n) is 3.87. The molecule has 0 spiro atoms. The summed E-state index contributed by atoms with van der Waals surface area (Å²) in [6.07, 6.45) is 0.671. The molecule has 3 N–H and O–H groups in total. The number of amides is 1. The molecule has 0 bridgehead atoms. The summed E-state index contributed by atoms with van der Waals surface area (Å²) >= 11 is 0. The first kappa shape index (κ1) is 13.7. The molecule has 0 saturated heterocycles. The minimum absolute atomic E-state index is 0.230. The van der Waals surface area contributed by atoms with Crippen molar-refractivity contribution in [3.05, 3.63) is 29.8 Å². The smallest absolute Gasteiger partial charge is 0.246 e. The van der Waals surface area contributed by atoms with Crippen LogP contribution in [0.3, 0.4) is 0 Å². The Hall–Kier alpha value is -1.40. The summed E-state index contributed by atoms with van der Waals surface area (Å²) in [5.41, 5.74) is 5.76. The molecule has 0 aliphatic rings. The molecular weight excluding hydrogens is 242 g/mol. The van der Waals surface area contributed by atoms with Gasteiger partial charge in [0.05, 0.1) is 4.90 Å². The molecule has 0 aliphatic heterocycles. The Morgan fingerprint density at radius 2 is 1.88 bits per heavy atom. The number of aliphatic hydroxyl groups excluding tert-OH is 1. The summed E-state index contributed by atoms with van der Waals surface area (Å²) in [6.45, 7) is 0. The summed E-state index contributed by atoms with van der Waals surface area (Å²) in [7, 11) is -3.19. The predicted molar refractivity (Wildman–Crippen MR) is 63.1 cm³/mol. The van der Waals surface area contributed by atoms with E-state index in [2.05, 4.69) is 0 Å². The number of carbonyl (C=O) groups is 1. The Morgan fingerprint density at radius 3 is 2.29 bits per heavy atom. The normalized spacial score (nSPS) is 13.3. The third kappa shape index (κ3) is 4.16. The molecule has 1 unspecified atom stereocenters. The summed E-state index contributed by atoms with van der Waals surface area (Å²) in [4.78, 5) is 10.8. The number of hydrogen-bond acceptors (Lipinski definition) is 4. The maximum Gasteiger partial charge on any atom is 0.246 e. The molecule has 0 fully saturated rings. The van der Waals surface area contributed by atoms with Crippen molar-refractivity contribution in [3.63, 3.8) is 0 Å². The summed E-state index contributed by atoms with van der Waals surface area (Å²) < 4.78 is 22.4. The van der Waals surface area contributed by atoms with E-state index in [1.807, 2.05) is 0 Å². The van der Waals surface area contributed by atoms with Gasteiger partial charge in [0.2, 0.25) is 5.91 Å². The summed E-state index contributed by atoms with van der Waals surface area (Å²) in [5, 5.41) is 9.20. The average molecular weight is 257 g/mol. The van der Waals surface area contributed by atoms with E-state index in [-0.39, 0.29) is 11.3 Å². The lowest BCUT2D eigenvalue weighted by Gasteiger charge is -2.06. The van der Waals surface area contributed by atoms with Crippen LogP contribution in [0.4, 0.5) is 0 Å². The standard InChI is InChI=1S/C11H15NO4S/c1-17(15,16)9-5-2-8(3-6-9)4-7-10(13)11(12)14/h2-3,5-6,10,13H,4,7H2,1H3,(H2,12,14). The minimum Gasteiger partial charge on any atom is -0.383 e. The first-order chi connectivity index (χ1) is 7.80. The quantitative estimate of drug-likeness (QED) is 0.767. The second-order valence-corrected chi connectivity index (χ2v) is 5.89. The average Bonchev–Trinajstić information content (AvgIpc) is 2.25. The molecule has 1 aromatic carbocycles. The topological polar surface area (TPSA) is 97.5 Å². The van der Waals surface area contributed by atoms with Crippen LogP contribution in [-0.2, 0) is 21.1 Å². The molecule has 0 aromatic heterocycles. The highest BCUT2D eigenvalue weighted by Crippen LogP contribution is 2.12. The van der Waals surface area contributed by atoms with Gasteiger partial charge >= 0.3 is 0 Å². The Balaban J connectivity index is 2.67. The molecule has 6 heteroatoms. The molecule has 1 amide bonds. The highest BCUT2D eigenvalue weighted by molar-refractivity contribution is 7.90. The predicted octanol–water partition coefficient (Wildman–Crippen LogP) is -0.131. The van der Waals surface area contributed by atoms with Crippen molar-refractivity contribution in [1.82, 2.24) is 0 Å². The van der Waals surface area contributed by atoms with E-state index in [4.69, 9.17) is 5.73 Å². The van der Waals surface area contributed by atoms with Gasteiger partial charge in [0.1, 0.15) is 6.10 Å². The Kier molecular flexibility index (Phi) is 4.25. The Morgan fingerprint density at radius 1 is 1.35 bits per heavy atom. The van der Waals surface area contributed by atoms with Crippen LogP contribution in [0.5, 0.6) is 0 Å². The van der Waals surface area contributed by atoms with E-state index < -0.39 is 21.8 Å². The van der Waals surface area contributed by atoms with E-state index in [0.29, 0.717) is 6.42 Å². The Bertz CT molecular complexity index is 493. The van der Waals surface area contributed by atoms with E-state index in [1.165, 1.54) is 12.1 Å². The molecule has 1 rings (SSSR count). The van der Waals surface area contributed by atoms with Gasteiger partial charge in [-0.05, 0) is 30.5 Å². The summed E-state index contributed by atoms with van der Waals surface area (Å²) in [5.74, 6) is -0.752. The van der Waals surface area contributed by atoms with Crippen molar-refractivity contribution in [2.75, 3.05) is 6.26 Å². The minimum atomic E-state index is -3.19. The van der Waals surface area contributed by atoms with Crippen molar-refractivity contribution in [1.29, 1.82) is 0 Å². The van der Waals surface area contributed by atoms with Gasteiger partial charge in [0, 0.05) is 6.26 Å². The van der Waals surface area contributed by atoms with Gasteiger partial charge < -0.3 is 10.8 Å². The number of hydrogen-bond donors (Lipinski definition) is 2. The molecule has 0 aliphatic carbocycles. The van der Waals surface area contributed by atoms with Crippen molar-refractivity contribution in [3.8, 4) is 0 Å². The molecule has 94 valence electrons. The van der Waals surface area contributed by atoms with E-state index in [0.717, 1.165) is 11.8 Å². The second kappa shape index (κ2) is 5.29. The molecule has 0 saturated carbocycles. The summed E-state index contributed by atoms with van der Waals surface area (Å²) in [6, 6.07) is 6.32. The molecular formula is C11H15NO4S. The fourth-order valence-corrected chi connectivity index (χ4v) is 1.98. The van der Waals surface area contributed by atoms with Gasteiger partial charge in [-0.1, -0.05) is 12.1 Å². The van der Waals surface area contributed by atoms with Crippen molar-refractivity contribution < 1.29 is 18.3 Å². The largest absolute Gasteiger partial charge is 0.383 e. The van der Waals surface area contributed by atoms with Gasteiger partial charge in [-0.25, -0.2) is 8.42 Å². The molecule has 5 nitrogen and oxygen atoms in total. The van der Waals surface area contributed by atoms with Crippen LogP contribution < -0.4 is 5.73 Å². The van der Waals surface area contributed by atoms with E-state index in [9.17, 15) is 18.3 Å². The number of rotatable bonds is 5. The maximum absolute atomic E-state index is 11.2. The number of sulfone groups is 1. The first-order valence-corrected chi connectivity index (χ1v) is 6.96. The fourth-order valence-electron chi connectivity index (χ4n) is 1.35. The van der Waals surface area contributed by atoms with Gasteiger partial charge in [0.15, 0.2) is 9.84 Å². The van der Waals surface area contributed by atoms with Crippen LogP contribution in [-0.4, -0.2) is 31.8 Å². The van der Waals surface area contributed by atoms with Crippen LogP contribution in [0.15, 0.2) is 29.2 Å². The number of benzene rings is 1. The van der Waals surface area contributed by atoms with Gasteiger partial charge in [-0.15, -0.1) is 0 Å². The number of aryl methyl sites for hydroxylation is 1. The van der Waals surface area contributed by atoms with Crippen LogP contribution in [0.25, 0.3) is 0 Å². The molecule has 1 aromatic rings. The zero-order chi connectivity index (χ0) is 13.1. The molecule has 0 radical (unpaired) electrons. The maximum atomic E-state index is 11.2. The SMILES string of the molecule is CS(=O)(=O)c1ccc(CCC(O)C(N)=O)cc1. The van der Waals surface area contributed by atoms with E-state index >= 15 is 0 Å². The number of aliphatic hydroxyl groups is 1. The molecule has 0 heterocycles. The van der Waals surface area contributed by atoms with Gasteiger partial charge in [-0.2, -0.15) is 0 Å². The van der Waals surface area contributed by atoms with Crippen molar-refractivity contribution in [2.24, 2.45) is 5.73 Å². The van der Waals surface area contributed by atoms with Crippen molar-refractivity contribution >= 4 is 15.7 Å². The van der Waals surface area contributed by atoms with Crippen LogP contribution in [0.2, 0.25) is 0 Å². The first-order valence-electron chi connectivity index (χ1n) is 5.07. The number of primary amides is 1.